The molecule has 0 radical (unpaired) electrons. The third-order valence-corrected chi connectivity index (χ3v) is 4.96. The summed E-state index contributed by atoms with van der Waals surface area (Å²) in [7, 11) is 1.94. The van der Waals surface area contributed by atoms with Gasteiger partial charge in [-0.15, -0.1) is 0 Å². The van der Waals surface area contributed by atoms with Gasteiger partial charge in [0.15, 0.2) is 0 Å². The van der Waals surface area contributed by atoms with Crippen molar-refractivity contribution in [3.63, 3.8) is 0 Å². The largest absolute Gasteiger partial charge is 0.374 e. The van der Waals surface area contributed by atoms with Crippen molar-refractivity contribution in [1.82, 2.24) is 5.32 Å². The number of hydrogen-bond donors (Lipinski definition) is 1. The smallest absolute Gasteiger partial charge is 0.137 e. The van der Waals surface area contributed by atoms with Gasteiger partial charge < -0.3 is 10.1 Å². The highest BCUT2D eigenvalue weighted by atomic mass is 79.9. The standard InChI is InChI=1S/C16H25BrFNO/c1-5-16(6-2,20-7-3)14(19-4)11-12-9-8-10-13(18)15(12)17/h8-10,14,19H,5-7,11H2,1-4H3. The summed E-state index contributed by atoms with van der Waals surface area (Å²) in [6, 6.07) is 5.33. The molecule has 0 saturated carbocycles. The maximum atomic E-state index is 13.6. The maximum absolute atomic E-state index is 13.6. The number of halogens is 2. The van der Waals surface area contributed by atoms with Gasteiger partial charge in [-0.2, -0.15) is 0 Å². The van der Waals surface area contributed by atoms with Gasteiger partial charge in [0.05, 0.1) is 10.1 Å². The summed E-state index contributed by atoms with van der Waals surface area (Å²) in [6.45, 7) is 6.99. The van der Waals surface area contributed by atoms with Crippen molar-refractivity contribution in [2.45, 2.75) is 51.7 Å². The van der Waals surface area contributed by atoms with E-state index >= 15 is 0 Å². The Morgan fingerprint density at radius 1 is 1.30 bits per heavy atom. The molecule has 114 valence electrons. The maximum Gasteiger partial charge on any atom is 0.137 e. The van der Waals surface area contributed by atoms with Crippen molar-refractivity contribution in [2.24, 2.45) is 0 Å². The zero-order chi connectivity index (χ0) is 15.2. The first-order valence-electron chi connectivity index (χ1n) is 7.28. The Morgan fingerprint density at radius 3 is 2.45 bits per heavy atom. The van der Waals surface area contributed by atoms with Crippen LogP contribution >= 0.6 is 15.9 Å². The Morgan fingerprint density at radius 2 is 1.95 bits per heavy atom. The summed E-state index contributed by atoms with van der Waals surface area (Å²) < 4.78 is 20.2. The van der Waals surface area contributed by atoms with Gasteiger partial charge in [0.25, 0.3) is 0 Å². The van der Waals surface area contributed by atoms with Crippen LogP contribution in [0.1, 0.15) is 39.2 Å². The topological polar surface area (TPSA) is 21.3 Å². The lowest BCUT2D eigenvalue weighted by Crippen LogP contribution is -2.52. The van der Waals surface area contributed by atoms with E-state index in [0.29, 0.717) is 11.1 Å². The van der Waals surface area contributed by atoms with Crippen LogP contribution in [0.25, 0.3) is 0 Å². The average molecular weight is 346 g/mol. The van der Waals surface area contributed by atoms with Gasteiger partial charge in [0, 0.05) is 12.6 Å². The Hall–Kier alpha value is -0.450. The molecule has 1 atom stereocenters. The first-order chi connectivity index (χ1) is 9.54. The molecule has 0 fully saturated rings. The van der Waals surface area contributed by atoms with E-state index < -0.39 is 0 Å². The molecule has 4 heteroatoms. The van der Waals surface area contributed by atoms with Gasteiger partial charge in [0.1, 0.15) is 5.82 Å². The number of benzene rings is 1. The molecule has 1 N–H and O–H groups in total. The van der Waals surface area contributed by atoms with E-state index in [9.17, 15) is 4.39 Å². The molecule has 1 unspecified atom stereocenters. The SMILES string of the molecule is CCOC(CC)(CC)C(Cc1cccc(F)c1Br)NC. The van der Waals surface area contributed by atoms with Crippen LogP contribution < -0.4 is 5.32 Å². The number of likely N-dealkylation sites (N-methyl/N-ethyl adjacent to an activating group) is 1. The molecule has 0 amide bonds. The van der Waals surface area contributed by atoms with Gasteiger partial charge in [-0.25, -0.2) is 4.39 Å². The predicted molar refractivity (Wildman–Crippen MR) is 85.6 cm³/mol. The molecule has 0 aromatic heterocycles. The highest BCUT2D eigenvalue weighted by Gasteiger charge is 2.35. The van der Waals surface area contributed by atoms with Crippen LogP contribution in [0.15, 0.2) is 22.7 Å². The fraction of sp³-hybridized carbons (Fsp3) is 0.625. The molecular weight excluding hydrogens is 321 g/mol. The molecular formula is C16H25BrFNO. The van der Waals surface area contributed by atoms with Crippen LogP contribution in [0.4, 0.5) is 4.39 Å². The summed E-state index contributed by atoms with van der Waals surface area (Å²) in [5.41, 5.74) is 0.755. The Bertz CT molecular complexity index is 421. The first kappa shape index (κ1) is 17.6. The molecule has 0 bridgehead atoms. The lowest BCUT2D eigenvalue weighted by molar-refractivity contribution is -0.0704. The van der Waals surface area contributed by atoms with E-state index in [4.69, 9.17) is 4.74 Å². The Balaban J connectivity index is 3.03. The summed E-state index contributed by atoms with van der Waals surface area (Å²) in [6.07, 6.45) is 2.59. The summed E-state index contributed by atoms with van der Waals surface area (Å²) in [4.78, 5) is 0. The molecule has 0 aliphatic carbocycles. The van der Waals surface area contributed by atoms with Crippen molar-refractivity contribution < 1.29 is 9.13 Å². The van der Waals surface area contributed by atoms with E-state index in [1.807, 2.05) is 20.0 Å². The lowest BCUT2D eigenvalue weighted by Gasteiger charge is -2.39. The molecule has 20 heavy (non-hydrogen) atoms. The van der Waals surface area contributed by atoms with Crippen molar-refractivity contribution in [3.8, 4) is 0 Å². The molecule has 0 heterocycles. The number of ether oxygens (including phenoxy) is 1. The van der Waals surface area contributed by atoms with Crippen molar-refractivity contribution in [3.05, 3.63) is 34.1 Å². The Kier molecular flexibility index (Phi) is 7.13. The normalized spacial score (nSPS) is 13.5. The molecule has 1 rings (SSSR count). The van der Waals surface area contributed by atoms with Crippen molar-refractivity contribution >= 4 is 15.9 Å². The highest BCUT2D eigenvalue weighted by molar-refractivity contribution is 9.10. The fourth-order valence-electron chi connectivity index (χ4n) is 2.81. The number of hydrogen-bond acceptors (Lipinski definition) is 2. The van der Waals surface area contributed by atoms with Crippen LogP contribution in [-0.2, 0) is 11.2 Å². The van der Waals surface area contributed by atoms with Crippen LogP contribution in [0.5, 0.6) is 0 Å². The highest BCUT2D eigenvalue weighted by Crippen LogP contribution is 2.30. The van der Waals surface area contributed by atoms with Gasteiger partial charge in [-0.05, 0) is 60.8 Å². The van der Waals surface area contributed by atoms with Gasteiger partial charge in [0.2, 0.25) is 0 Å². The van der Waals surface area contributed by atoms with Crippen molar-refractivity contribution in [2.75, 3.05) is 13.7 Å². The average Bonchev–Trinajstić information content (AvgIpc) is 2.47. The summed E-state index contributed by atoms with van der Waals surface area (Å²) >= 11 is 3.34. The van der Waals surface area contributed by atoms with Crippen molar-refractivity contribution in [1.29, 1.82) is 0 Å². The van der Waals surface area contributed by atoms with Crippen LogP contribution in [-0.4, -0.2) is 25.3 Å². The number of nitrogens with one attached hydrogen (secondary N) is 1. The zero-order valence-electron chi connectivity index (χ0n) is 12.8. The first-order valence-corrected chi connectivity index (χ1v) is 8.08. The molecule has 2 nitrogen and oxygen atoms in total. The van der Waals surface area contributed by atoms with E-state index in [0.717, 1.165) is 24.8 Å². The van der Waals surface area contributed by atoms with E-state index in [1.54, 1.807) is 6.07 Å². The molecule has 0 aliphatic heterocycles. The fourth-order valence-corrected chi connectivity index (χ4v) is 3.24. The van der Waals surface area contributed by atoms with E-state index in [-0.39, 0.29) is 17.5 Å². The van der Waals surface area contributed by atoms with Crippen LogP contribution in [0, 0.1) is 5.82 Å². The predicted octanol–water partition coefficient (Wildman–Crippen LogP) is 4.31. The lowest BCUT2D eigenvalue weighted by atomic mass is 9.84. The summed E-state index contributed by atoms with van der Waals surface area (Å²) in [5, 5.41) is 3.36. The minimum Gasteiger partial charge on any atom is -0.374 e. The van der Waals surface area contributed by atoms with Crippen LogP contribution in [0.2, 0.25) is 0 Å². The second kappa shape index (κ2) is 8.11. The minimum absolute atomic E-state index is 0.149. The monoisotopic (exact) mass is 345 g/mol. The van der Waals surface area contributed by atoms with Gasteiger partial charge in [-0.3, -0.25) is 0 Å². The number of rotatable bonds is 8. The second-order valence-electron chi connectivity index (χ2n) is 4.96. The van der Waals surface area contributed by atoms with E-state index in [1.165, 1.54) is 6.07 Å². The van der Waals surface area contributed by atoms with Gasteiger partial charge in [-0.1, -0.05) is 26.0 Å². The third kappa shape index (κ3) is 3.80. The summed E-state index contributed by atoms with van der Waals surface area (Å²) in [5.74, 6) is -0.215. The zero-order valence-corrected chi connectivity index (χ0v) is 14.4. The van der Waals surface area contributed by atoms with E-state index in [2.05, 4.69) is 35.1 Å². The van der Waals surface area contributed by atoms with Gasteiger partial charge >= 0.3 is 0 Å². The Labute approximate surface area is 130 Å². The van der Waals surface area contributed by atoms with Crippen LogP contribution in [0.3, 0.4) is 0 Å². The molecule has 0 aliphatic rings. The molecule has 1 aromatic carbocycles. The molecule has 1 aromatic rings. The third-order valence-electron chi connectivity index (χ3n) is 4.07. The molecule has 0 spiro atoms. The molecule has 0 saturated heterocycles. The minimum atomic E-state index is -0.215. The quantitative estimate of drug-likeness (QED) is 0.757. The second-order valence-corrected chi connectivity index (χ2v) is 5.76.